The van der Waals surface area contributed by atoms with Gasteiger partial charge in [0.2, 0.25) is 0 Å². The zero-order valence-corrected chi connectivity index (χ0v) is 17.5. The van der Waals surface area contributed by atoms with Crippen LogP contribution in [0.15, 0.2) is 70.6 Å². The fraction of sp³-hybridized carbons (Fsp3) is 0.391. The van der Waals surface area contributed by atoms with Gasteiger partial charge in [0.25, 0.3) is 0 Å². The number of para-hydroxylation sites is 2. The van der Waals surface area contributed by atoms with Crippen LogP contribution in [0.4, 0.5) is 11.4 Å². The summed E-state index contributed by atoms with van der Waals surface area (Å²) in [6.45, 7) is 4.47. The van der Waals surface area contributed by atoms with Crippen LogP contribution in [0.3, 0.4) is 0 Å². The van der Waals surface area contributed by atoms with Crippen molar-refractivity contribution in [2.45, 2.75) is 58.8 Å². The van der Waals surface area contributed by atoms with Crippen LogP contribution in [0.25, 0.3) is 0 Å². The van der Waals surface area contributed by atoms with Crippen molar-refractivity contribution in [1.82, 2.24) is 0 Å². The Morgan fingerprint density at radius 2 is 1.04 bits per heavy atom. The molecule has 0 aromatic heterocycles. The molecule has 142 valence electrons. The van der Waals surface area contributed by atoms with Gasteiger partial charge in [-0.3, -0.25) is 9.98 Å². The van der Waals surface area contributed by atoms with Gasteiger partial charge >= 0.3 is 0 Å². The van der Waals surface area contributed by atoms with E-state index in [1.54, 1.807) is 0 Å². The van der Waals surface area contributed by atoms with Crippen LogP contribution in [0.1, 0.15) is 58.8 Å². The third-order valence-corrected chi connectivity index (χ3v) is 4.16. The summed E-state index contributed by atoms with van der Waals surface area (Å²) in [6.07, 6.45) is 7.93. The molecule has 3 heteroatoms. The summed E-state index contributed by atoms with van der Waals surface area (Å²) in [4.78, 5) is 9.92. The van der Waals surface area contributed by atoms with E-state index in [9.17, 15) is 0 Å². The van der Waals surface area contributed by atoms with Gasteiger partial charge < -0.3 is 0 Å². The molecule has 2 rings (SSSR count). The summed E-state index contributed by atoms with van der Waals surface area (Å²) in [6, 6.07) is 20.5. The number of hydrogen-bond acceptors (Lipinski definition) is 2. The SMILES string of the molecule is CCCCCC(=N\c1ccccc1)/C(CCCC)=N/c1ccccc1.[Pd]. The molecule has 0 heterocycles. The average molecular weight is 441 g/mol. The Kier molecular flexibility index (Phi) is 11.8. The van der Waals surface area contributed by atoms with E-state index in [2.05, 4.69) is 38.1 Å². The molecule has 0 spiro atoms. The molecular formula is C23H30N2Pd. The van der Waals surface area contributed by atoms with Crippen molar-refractivity contribution in [3.05, 3.63) is 60.7 Å². The summed E-state index contributed by atoms with van der Waals surface area (Å²) in [5.74, 6) is 0. The predicted octanol–water partition coefficient (Wildman–Crippen LogP) is 7.30. The van der Waals surface area contributed by atoms with Crippen molar-refractivity contribution >= 4 is 22.8 Å². The molecule has 0 aliphatic rings. The van der Waals surface area contributed by atoms with Crippen LogP contribution < -0.4 is 0 Å². The fourth-order valence-corrected chi connectivity index (χ4v) is 2.73. The van der Waals surface area contributed by atoms with E-state index in [4.69, 9.17) is 9.98 Å². The van der Waals surface area contributed by atoms with Crippen LogP contribution >= 0.6 is 0 Å². The third kappa shape index (κ3) is 8.21. The fourth-order valence-electron chi connectivity index (χ4n) is 2.73. The first-order valence-corrected chi connectivity index (χ1v) is 9.59. The second-order valence-electron chi connectivity index (χ2n) is 6.35. The van der Waals surface area contributed by atoms with E-state index in [0.29, 0.717) is 0 Å². The third-order valence-electron chi connectivity index (χ3n) is 4.16. The average Bonchev–Trinajstić information content (AvgIpc) is 2.66. The predicted molar refractivity (Wildman–Crippen MR) is 111 cm³/mol. The molecule has 0 N–H and O–H groups in total. The second-order valence-corrected chi connectivity index (χ2v) is 6.35. The maximum atomic E-state index is 4.97. The molecule has 2 aromatic rings. The van der Waals surface area contributed by atoms with E-state index in [0.717, 1.165) is 42.1 Å². The second kappa shape index (κ2) is 13.6. The molecule has 26 heavy (non-hydrogen) atoms. The molecule has 0 atom stereocenters. The summed E-state index contributed by atoms with van der Waals surface area (Å²) in [5.41, 5.74) is 4.33. The van der Waals surface area contributed by atoms with Crippen molar-refractivity contribution < 1.29 is 20.4 Å². The van der Waals surface area contributed by atoms with E-state index in [1.807, 2.05) is 36.4 Å². The molecule has 2 aromatic carbocycles. The number of aliphatic imine (C=N–C) groups is 2. The summed E-state index contributed by atoms with van der Waals surface area (Å²) >= 11 is 0. The molecule has 0 fully saturated rings. The van der Waals surface area contributed by atoms with Gasteiger partial charge in [-0.05, 0) is 49.9 Å². The molecule has 0 radical (unpaired) electrons. The van der Waals surface area contributed by atoms with Gasteiger partial charge in [0.1, 0.15) is 0 Å². The van der Waals surface area contributed by atoms with Crippen LogP contribution in [0.2, 0.25) is 0 Å². The number of rotatable bonds is 10. The maximum Gasteiger partial charge on any atom is 0.0633 e. The quantitative estimate of drug-likeness (QED) is 0.210. The summed E-state index contributed by atoms with van der Waals surface area (Å²) in [5, 5.41) is 0. The normalized spacial score (nSPS) is 11.9. The Labute approximate surface area is 172 Å². The van der Waals surface area contributed by atoms with Crippen molar-refractivity contribution in [2.75, 3.05) is 0 Å². The Hall–Kier alpha value is -1.56. The van der Waals surface area contributed by atoms with E-state index < -0.39 is 0 Å². The standard InChI is InChI=1S/C23H30N2.Pd/c1-3-5-9-19-23(25-21-16-12-8-13-17-21)22(18-6-4-2)24-20-14-10-7-11-15-20;/h7-8,10-17H,3-6,9,18-19H2,1-2H3;/b24-22+,25-23+;. The van der Waals surface area contributed by atoms with Gasteiger partial charge in [0.05, 0.1) is 22.8 Å². The first-order valence-electron chi connectivity index (χ1n) is 9.59. The minimum atomic E-state index is 0. The molecule has 0 aliphatic carbocycles. The zero-order valence-electron chi connectivity index (χ0n) is 15.9. The van der Waals surface area contributed by atoms with Gasteiger partial charge in [-0.25, -0.2) is 0 Å². The Bertz CT molecular complexity index is 663. The van der Waals surface area contributed by atoms with Crippen molar-refractivity contribution in [3.63, 3.8) is 0 Å². The Morgan fingerprint density at radius 1 is 0.615 bits per heavy atom. The molecule has 2 nitrogen and oxygen atoms in total. The largest absolute Gasteiger partial charge is 0.252 e. The van der Waals surface area contributed by atoms with Crippen molar-refractivity contribution in [3.8, 4) is 0 Å². The minimum Gasteiger partial charge on any atom is -0.252 e. The van der Waals surface area contributed by atoms with Crippen molar-refractivity contribution in [1.29, 1.82) is 0 Å². The molecular weight excluding hydrogens is 411 g/mol. The maximum absolute atomic E-state index is 4.97. The Morgan fingerprint density at radius 3 is 1.46 bits per heavy atom. The van der Waals surface area contributed by atoms with Crippen LogP contribution in [0.5, 0.6) is 0 Å². The summed E-state index contributed by atoms with van der Waals surface area (Å²) < 4.78 is 0. The zero-order chi connectivity index (χ0) is 17.7. The van der Waals surface area contributed by atoms with E-state index in [-0.39, 0.29) is 20.4 Å². The summed E-state index contributed by atoms with van der Waals surface area (Å²) in [7, 11) is 0. The van der Waals surface area contributed by atoms with Crippen LogP contribution in [-0.4, -0.2) is 11.4 Å². The first kappa shape index (κ1) is 22.5. The van der Waals surface area contributed by atoms with Gasteiger partial charge in [0.15, 0.2) is 0 Å². The molecule has 0 saturated carbocycles. The van der Waals surface area contributed by atoms with Crippen molar-refractivity contribution in [2.24, 2.45) is 9.98 Å². The van der Waals surface area contributed by atoms with Gasteiger partial charge in [-0.1, -0.05) is 69.5 Å². The van der Waals surface area contributed by atoms with Gasteiger partial charge in [-0.15, -0.1) is 0 Å². The van der Waals surface area contributed by atoms with Crippen LogP contribution in [0, 0.1) is 0 Å². The topological polar surface area (TPSA) is 24.7 Å². The monoisotopic (exact) mass is 440 g/mol. The minimum absolute atomic E-state index is 0. The number of nitrogens with zero attached hydrogens (tertiary/aromatic N) is 2. The van der Waals surface area contributed by atoms with E-state index in [1.165, 1.54) is 25.7 Å². The van der Waals surface area contributed by atoms with E-state index >= 15 is 0 Å². The molecule has 0 amide bonds. The number of unbranched alkanes of at least 4 members (excludes halogenated alkanes) is 3. The van der Waals surface area contributed by atoms with Crippen LogP contribution in [-0.2, 0) is 20.4 Å². The molecule has 0 saturated heterocycles. The number of hydrogen-bond donors (Lipinski definition) is 0. The molecule has 0 bridgehead atoms. The first-order chi connectivity index (χ1) is 12.3. The van der Waals surface area contributed by atoms with Gasteiger partial charge in [-0.2, -0.15) is 0 Å². The molecule has 0 unspecified atom stereocenters. The number of benzene rings is 2. The Balaban J connectivity index is 0.00000338. The van der Waals surface area contributed by atoms with Gasteiger partial charge in [0, 0.05) is 20.4 Å². The smallest absolute Gasteiger partial charge is 0.0633 e. The molecule has 0 aliphatic heterocycles.